The summed E-state index contributed by atoms with van der Waals surface area (Å²) in [6.45, 7) is 2.10. The molecule has 4 rings (SSSR count). The zero-order valence-corrected chi connectivity index (χ0v) is 17.3. The largest absolute Gasteiger partial charge is 0.497 e. The number of rotatable bonds is 6. The van der Waals surface area contributed by atoms with E-state index in [1.54, 1.807) is 20.4 Å². The Labute approximate surface area is 175 Å². The Balaban J connectivity index is 1.86. The van der Waals surface area contributed by atoms with Crippen LogP contribution in [-0.4, -0.2) is 29.2 Å². The van der Waals surface area contributed by atoms with Crippen molar-refractivity contribution in [1.29, 1.82) is 0 Å². The van der Waals surface area contributed by atoms with Crippen LogP contribution in [0.25, 0.3) is 22.0 Å². The maximum Gasteiger partial charge on any atom is 0.221 e. The first kappa shape index (κ1) is 19.6. The Hall–Kier alpha value is -3.74. The van der Waals surface area contributed by atoms with Crippen molar-refractivity contribution in [3.63, 3.8) is 0 Å². The van der Waals surface area contributed by atoms with Gasteiger partial charge >= 0.3 is 0 Å². The second kappa shape index (κ2) is 7.94. The van der Waals surface area contributed by atoms with Crippen LogP contribution >= 0.6 is 0 Å². The van der Waals surface area contributed by atoms with Crippen LogP contribution in [0.3, 0.4) is 0 Å². The molecule has 0 aliphatic heterocycles. The second-order valence-electron chi connectivity index (χ2n) is 7.11. The number of hydrogen-bond acceptors (Lipinski definition) is 6. The van der Waals surface area contributed by atoms with Crippen LogP contribution in [0.1, 0.15) is 30.4 Å². The molecule has 154 valence electrons. The lowest BCUT2D eigenvalue weighted by Gasteiger charge is -2.19. The first-order valence-corrected chi connectivity index (χ1v) is 9.77. The number of ether oxygens (including phenoxy) is 2. The van der Waals surface area contributed by atoms with Crippen molar-refractivity contribution in [3.05, 3.63) is 59.9 Å². The molecule has 0 saturated heterocycles. The zero-order chi connectivity index (χ0) is 21.3. The molecule has 0 amide bonds. The number of nitrogens with zero attached hydrogens (tertiary/aromatic N) is 2. The number of nitrogens with one attached hydrogen (secondary N) is 1. The van der Waals surface area contributed by atoms with Crippen molar-refractivity contribution in [2.24, 2.45) is 0 Å². The maximum absolute atomic E-state index is 6.14. The van der Waals surface area contributed by atoms with Gasteiger partial charge in [0.15, 0.2) is 0 Å². The minimum atomic E-state index is 0.0208. The molecule has 1 atom stereocenters. The molecule has 2 aromatic heterocycles. The van der Waals surface area contributed by atoms with E-state index in [1.807, 2.05) is 24.4 Å². The first-order valence-electron chi connectivity index (χ1n) is 9.77. The fourth-order valence-corrected chi connectivity index (χ4v) is 3.95. The third-order valence-electron chi connectivity index (χ3n) is 5.42. The summed E-state index contributed by atoms with van der Waals surface area (Å²) >= 11 is 0. The fourth-order valence-electron chi connectivity index (χ4n) is 3.95. The Morgan fingerprint density at radius 3 is 2.63 bits per heavy atom. The van der Waals surface area contributed by atoms with E-state index in [0.717, 1.165) is 51.1 Å². The van der Waals surface area contributed by atoms with E-state index in [-0.39, 0.29) is 11.9 Å². The lowest BCUT2D eigenvalue weighted by molar-refractivity contribution is 0.415. The Morgan fingerprint density at radius 1 is 1.10 bits per heavy atom. The molecule has 2 aromatic carbocycles. The molecule has 0 saturated carbocycles. The summed E-state index contributed by atoms with van der Waals surface area (Å²) in [5.74, 6) is 2.19. The summed E-state index contributed by atoms with van der Waals surface area (Å²) in [6.07, 6.45) is 4.53. The lowest BCUT2D eigenvalue weighted by Crippen LogP contribution is -2.09. The molecule has 30 heavy (non-hydrogen) atoms. The van der Waals surface area contributed by atoms with Crippen molar-refractivity contribution >= 4 is 22.7 Å². The number of anilines is 2. The third kappa shape index (κ3) is 3.39. The van der Waals surface area contributed by atoms with Gasteiger partial charge in [-0.2, -0.15) is 4.98 Å². The molecule has 5 N–H and O–H groups in total. The molecular formula is C23H25N5O2. The highest BCUT2D eigenvalue weighted by molar-refractivity contribution is 6.00. The predicted molar refractivity (Wildman–Crippen MR) is 120 cm³/mol. The quantitative estimate of drug-likeness (QED) is 0.441. The van der Waals surface area contributed by atoms with Crippen molar-refractivity contribution < 1.29 is 9.47 Å². The second-order valence-corrected chi connectivity index (χ2v) is 7.11. The maximum atomic E-state index is 6.14. The monoisotopic (exact) mass is 403 g/mol. The average molecular weight is 403 g/mol. The summed E-state index contributed by atoms with van der Waals surface area (Å²) in [4.78, 5) is 11.7. The molecule has 0 aliphatic carbocycles. The summed E-state index contributed by atoms with van der Waals surface area (Å²) in [5, 5.41) is 1.02. The number of H-pyrrole nitrogens is 1. The number of aromatic nitrogens is 3. The molecule has 7 nitrogen and oxygen atoms in total. The molecule has 4 aromatic rings. The molecule has 0 bridgehead atoms. The lowest BCUT2D eigenvalue weighted by atomic mass is 9.89. The van der Waals surface area contributed by atoms with Crippen LogP contribution in [0.4, 0.5) is 11.8 Å². The summed E-state index contributed by atoms with van der Waals surface area (Å²) in [6, 6.07) is 12.2. The molecule has 0 fully saturated rings. The van der Waals surface area contributed by atoms with Crippen LogP contribution in [0.5, 0.6) is 11.5 Å². The Bertz CT molecular complexity index is 1200. The van der Waals surface area contributed by atoms with Gasteiger partial charge < -0.3 is 25.9 Å². The highest BCUT2D eigenvalue weighted by Crippen LogP contribution is 2.40. The number of hydrogen-bond donors (Lipinski definition) is 3. The van der Waals surface area contributed by atoms with Crippen molar-refractivity contribution in [1.82, 2.24) is 15.0 Å². The van der Waals surface area contributed by atoms with Gasteiger partial charge in [-0.1, -0.05) is 19.1 Å². The standard InChI is InChI=1S/C23H25N5O2/c1-4-16(18-12-27-23(25)28-22(18)24)14-9-19-21(20(10-14)30-3)17(11-26-19)13-6-5-7-15(8-13)29-2/h5-12,16,26H,4H2,1-3H3,(H4,24,25,27,28). The number of benzene rings is 2. The van der Waals surface area contributed by atoms with E-state index >= 15 is 0 Å². The van der Waals surface area contributed by atoms with Crippen molar-refractivity contribution in [2.45, 2.75) is 19.3 Å². The van der Waals surface area contributed by atoms with E-state index in [1.165, 1.54) is 0 Å². The predicted octanol–water partition coefficient (Wildman–Crippen LogP) is 4.35. The van der Waals surface area contributed by atoms with Crippen molar-refractivity contribution in [3.8, 4) is 22.6 Å². The number of nitrogen functional groups attached to an aromatic ring is 2. The molecule has 7 heteroatoms. The van der Waals surface area contributed by atoms with E-state index in [2.05, 4.69) is 40.1 Å². The van der Waals surface area contributed by atoms with Gasteiger partial charge in [-0.05, 0) is 41.8 Å². The SMILES string of the molecule is CCC(c1cc(OC)c2c(-c3cccc(OC)c3)c[nH]c2c1)c1cnc(N)nc1N. The summed E-state index contributed by atoms with van der Waals surface area (Å²) in [7, 11) is 3.35. The summed E-state index contributed by atoms with van der Waals surface area (Å²) in [5.41, 5.74) is 16.8. The molecule has 0 radical (unpaired) electrons. The van der Waals surface area contributed by atoms with E-state index in [0.29, 0.717) is 5.82 Å². The van der Waals surface area contributed by atoms with Gasteiger partial charge in [0.2, 0.25) is 5.95 Å². The van der Waals surface area contributed by atoms with E-state index in [9.17, 15) is 0 Å². The zero-order valence-electron chi connectivity index (χ0n) is 17.3. The minimum absolute atomic E-state index is 0.0208. The van der Waals surface area contributed by atoms with E-state index < -0.39 is 0 Å². The molecule has 2 heterocycles. The van der Waals surface area contributed by atoms with Gasteiger partial charge in [-0.3, -0.25) is 0 Å². The van der Waals surface area contributed by atoms with Gasteiger partial charge in [-0.25, -0.2) is 4.98 Å². The topological polar surface area (TPSA) is 112 Å². The number of fused-ring (bicyclic) bond motifs is 1. The van der Waals surface area contributed by atoms with Gasteiger partial charge in [0.25, 0.3) is 0 Å². The molecular weight excluding hydrogens is 378 g/mol. The normalized spacial score (nSPS) is 12.1. The Kier molecular flexibility index (Phi) is 5.18. The minimum Gasteiger partial charge on any atom is -0.497 e. The average Bonchev–Trinajstić information content (AvgIpc) is 3.19. The van der Waals surface area contributed by atoms with Gasteiger partial charge in [-0.15, -0.1) is 0 Å². The van der Waals surface area contributed by atoms with Crippen LogP contribution in [-0.2, 0) is 0 Å². The number of aromatic amines is 1. The molecule has 1 unspecified atom stereocenters. The molecule has 0 spiro atoms. The number of nitrogens with two attached hydrogens (primary N) is 2. The van der Waals surface area contributed by atoms with Crippen LogP contribution < -0.4 is 20.9 Å². The highest BCUT2D eigenvalue weighted by Gasteiger charge is 2.21. The van der Waals surface area contributed by atoms with Gasteiger partial charge in [0, 0.05) is 34.8 Å². The smallest absolute Gasteiger partial charge is 0.221 e. The van der Waals surface area contributed by atoms with Gasteiger partial charge in [0.05, 0.1) is 19.7 Å². The first-order chi connectivity index (χ1) is 14.5. The van der Waals surface area contributed by atoms with Gasteiger partial charge in [0.1, 0.15) is 17.3 Å². The van der Waals surface area contributed by atoms with Crippen LogP contribution in [0.15, 0.2) is 48.8 Å². The van der Waals surface area contributed by atoms with Crippen LogP contribution in [0.2, 0.25) is 0 Å². The van der Waals surface area contributed by atoms with Crippen LogP contribution in [0, 0.1) is 0 Å². The fraction of sp³-hybridized carbons (Fsp3) is 0.217. The third-order valence-corrected chi connectivity index (χ3v) is 5.42. The Morgan fingerprint density at radius 2 is 1.93 bits per heavy atom. The van der Waals surface area contributed by atoms with E-state index in [4.69, 9.17) is 20.9 Å². The number of methoxy groups -OCH3 is 2. The summed E-state index contributed by atoms with van der Waals surface area (Å²) < 4.78 is 11.2. The highest BCUT2D eigenvalue weighted by atomic mass is 16.5. The van der Waals surface area contributed by atoms with Crippen molar-refractivity contribution in [2.75, 3.05) is 25.7 Å². The molecule has 0 aliphatic rings.